The molecule has 2 aromatic rings. The normalized spacial score (nSPS) is 16.0. The molecule has 1 atom stereocenters. The van der Waals surface area contributed by atoms with Crippen molar-refractivity contribution in [1.82, 2.24) is 5.32 Å². The maximum Gasteiger partial charge on any atom is 0.265 e. The molecule has 0 radical (unpaired) electrons. The molecule has 0 aromatic heterocycles. The lowest BCUT2D eigenvalue weighted by Gasteiger charge is -2.33. The molecular formula is C22H26N2O4. The van der Waals surface area contributed by atoms with E-state index in [1.54, 1.807) is 30.1 Å². The summed E-state index contributed by atoms with van der Waals surface area (Å²) in [6.45, 7) is 6.45. The predicted molar refractivity (Wildman–Crippen MR) is 108 cm³/mol. The molecule has 0 bridgehead atoms. The number of anilines is 1. The van der Waals surface area contributed by atoms with Gasteiger partial charge in [-0.2, -0.15) is 0 Å². The molecule has 2 aromatic carbocycles. The molecule has 0 fully saturated rings. The van der Waals surface area contributed by atoms with E-state index < -0.39 is 6.10 Å². The summed E-state index contributed by atoms with van der Waals surface area (Å²) in [5, 5.41) is 2.57. The van der Waals surface area contributed by atoms with Gasteiger partial charge in [-0.15, -0.1) is 0 Å². The standard InChI is InChI=1S/C22H26N2O4/c1-22(2,3)15-9-11-16(12-10-15)27-14-20(25)24-13-19(21(26)23-4)28-18-8-6-5-7-17(18)24/h5-12,19H,13-14H2,1-4H3,(H,23,26). The van der Waals surface area contributed by atoms with Crippen LogP contribution in [0.2, 0.25) is 0 Å². The Morgan fingerprint density at radius 2 is 1.82 bits per heavy atom. The smallest absolute Gasteiger partial charge is 0.265 e. The second-order valence-electron chi connectivity index (χ2n) is 7.76. The molecule has 1 unspecified atom stereocenters. The van der Waals surface area contributed by atoms with E-state index in [1.807, 2.05) is 30.3 Å². The molecule has 1 aliphatic heterocycles. The van der Waals surface area contributed by atoms with Crippen LogP contribution in [0.5, 0.6) is 11.5 Å². The molecule has 6 nitrogen and oxygen atoms in total. The number of carbonyl (C=O) groups is 2. The molecule has 3 rings (SSSR count). The van der Waals surface area contributed by atoms with Crippen LogP contribution in [0.15, 0.2) is 48.5 Å². The van der Waals surface area contributed by atoms with Gasteiger partial charge in [-0.3, -0.25) is 9.59 Å². The van der Waals surface area contributed by atoms with Crippen molar-refractivity contribution in [3.05, 3.63) is 54.1 Å². The lowest BCUT2D eigenvalue weighted by molar-refractivity contribution is -0.128. The van der Waals surface area contributed by atoms with Gasteiger partial charge in [0.25, 0.3) is 11.8 Å². The first-order valence-electron chi connectivity index (χ1n) is 9.30. The van der Waals surface area contributed by atoms with Crippen LogP contribution in [0.25, 0.3) is 0 Å². The van der Waals surface area contributed by atoms with Gasteiger partial charge in [0.15, 0.2) is 12.7 Å². The van der Waals surface area contributed by atoms with Crippen molar-refractivity contribution >= 4 is 17.5 Å². The maximum absolute atomic E-state index is 12.8. The summed E-state index contributed by atoms with van der Waals surface area (Å²) in [6, 6.07) is 14.9. The first-order chi connectivity index (χ1) is 13.3. The molecule has 1 heterocycles. The minimum Gasteiger partial charge on any atom is -0.484 e. The predicted octanol–water partition coefficient (Wildman–Crippen LogP) is 2.90. The van der Waals surface area contributed by atoms with Gasteiger partial charge in [0.1, 0.15) is 11.5 Å². The number of carbonyl (C=O) groups excluding carboxylic acids is 2. The van der Waals surface area contributed by atoms with Crippen LogP contribution in [0.3, 0.4) is 0 Å². The van der Waals surface area contributed by atoms with Crippen LogP contribution < -0.4 is 19.7 Å². The van der Waals surface area contributed by atoms with Gasteiger partial charge < -0.3 is 19.7 Å². The van der Waals surface area contributed by atoms with Crippen LogP contribution in [0.4, 0.5) is 5.69 Å². The van der Waals surface area contributed by atoms with Crippen LogP contribution in [0.1, 0.15) is 26.3 Å². The molecule has 1 N–H and O–H groups in total. The van der Waals surface area contributed by atoms with Crippen molar-refractivity contribution in [3.8, 4) is 11.5 Å². The van der Waals surface area contributed by atoms with Crippen molar-refractivity contribution in [2.45, 2.75) is 32.3 Å². The summed E-state index contributed by atoms with van der Waals surface area (Å²) in [7, 11) is 1.54. The third kappa shape index (κ3) is 4.27. The monoisotopic (exact) mass is 382 g/mol. The van der Waals surface area contributed by atoms with Crippen molar-refractivity contribution in [2.75, 3.05) is 25.1 Å². The number of benzene rings is 2. The lowest BCUT2D eigenvalue weighted by Crippen LogP contribution is -2.51. The van der Waals surface area contributed by atoms with Crippen LogP contribution in [-0.4, -0.2) is 38.1 Å². The highest BCUT2D eigenvalue weighted by Crippen LogP contribution is 2.33. The number of nitrogens with one attached hydrogen (secondary N) is 1. The Kier molecular flexibility index (Phi) is 5.58. The molecule has 2 amide bonds. The van der Waals surface area contributed by atoms with Crippen LogP contribution >= 0.6 is 0 Å². The van der Waals surface area contributed by atoms with Crippen LogP contribution in [0, 0.1) is 0 Å². The summed E-state index contributed by atoms with van der Waals surface area (Å²) < 4.78 is 11.4. The summed E-state index contributed by atoms with van der Waals surface area (Å²) in [5.41, 5.74) is 1.89. The van der Waals surface area contributed by atoms with E-state index in [1.165, 1.54) is 5.56 Å². The number of hydrogen-bond donors (Lipinski definition) is 1. The Labute approximate surface area is 165 Å². The molecule has 0 saturated carbocycles. The Bertz CT molecular complexity index is 856. The largest absolute Gasteiger partial charge is 0.484 e. The molecular weight excluding hydrogens is 356 g/mol. The number of ether oxygens (including phenoxy) is 2. The SMILES string of the molecule is CNC(=O)C1CN(C(=O)COc2ccc(C(C)(C)C)cc2)c2ccccc2O1. The number of amides is 2. The Balaban J connectivity index is 1.71. The van der Waals surface area contributed by atoms with Crippen molar-refractivity contribution < 1.29 is 19.1 Å². The molecule has 0 aliphatic carbocycles. The topological polar surface area (TPSA) is 67.9 Å². The summed E-state index contributed by atoms with van der Waals surface area (Å²) >= 11 is 0. The third-order valence-corrected chi connectivity index (χ3v) is 4.70. The van der Waals surface area contributed by atoms with Gasteiger partial charge in [0.2, 0.25) is 0 Å². The van der Waals surface area contributed by atoms with Gasteiger partial charge in [0, 0.05) is 7.05 Å². The van der Waals surface area contributed by atoms with E-state index in [0.29, 0.717) is 17.2 Å². The molecule has 0 spiro atoms. The van der Waals surface area contributed by atoms with Crippen molar-refractivity contribution in [1.29, 1.82) is 0 Å². The second-order valence-corrected chi connectivity index (χ2v) is 7.76. The summed E-state index contributed by atoms with van der Waals surface area (Å²) in [6.07, 6.45) is -0.755. The second kappa shape index (κ2) is 7.92. The van der Waals surface area contributed by atoms with E-state index in [2.05, 4.69) is 26.1 Å². The Hall–Kier alpha value is -3.02. The summed E-state index contributed by atoms with van der Waals surface area (Å²) in [5.74, 6) is 0.631. The highest BCUT2D eigenvalue weighted by molar-refractivity contribution is 5.98. The average Bonchev–Trinajstić information content (AvgIpc) is 2.70. The molecule has 148 valence electrons. The molecule has 6 heteroatoms. The minimum absolute atomic E-state index is 0.0563. The van der Waals surface area contributed by atoms with Gasteiger partial charge in [-0.25, -0.2) is 0 Å². The quantitative estimate of drug-likeness (QED) is 0.883. The van der Waals surface area contributed by atoms with Gasteiger partial charge in [-0.05, 0) is 35.2 Å². The highest BCUT2D eigenvalue weighted by atomic mass is 16.5. The zero-order valence-corrected chi connectivity index (χ0v) is 16.7. The van der Waals surface area contributed by atoms with E-state index in [9.17, 15) is 9.59 Å². The fourth-order valence-electron chi connectivity index (χ4n) is 3.04. The van der Waals surface area contributed by atoms with E-state index in [0.717, 1.165) is 0 Å². The lowest BCUT2D eigenvalue weighted by atomic mass is 9.87. The number of hydrogen-bond acceptors (Lipinski definition) is 4. The van der Waals surface area contributed by atoms with Gasteiger partial charge in [0.05, 0.1) is 12.2 Å². The summed E-state index contributed by atoms with van der Waals surface area (Å²) in [4.78, 5) is 26.4. The Morgan fingerprint density at radius 1 is 1.14 bits per heavy atom. The number of fused-ring (bicyclic) bond motifs is 1. The number of para-hydroxylation sites is 2. The van der Waals surface area contributed by atoms with E-state index >= 15 is 0 Å². The fourth-order valence-corrected chi connectivity index (χ4v) is 3.04. The van der Waals surface area contributed by atoms with E-state index in [4.69, 9.17) is 9.47 Å². The van der Waals surface area contributed by atoms with Gasteiger partial charge in [-0.1, -0.05) is 45.0 Å². The maximum atomic E-state index is 12.8. The average molecular weight is 382 g/mol. The first kappa shape index (κ1) is 19.7. The number of rotatable bonds is 4. The van der Waals surface area contributed by atoms with Crippen molar-refractivity contribution in [2.24, 2.45) is 0 Å². The molecule has 0 saturated heterocycles. The molecule has 28 heavy (non-hydrogen) atoms. The zero-order valence-electron chi connectivity index (χ0n) is 16.7. The highest BCUT2D eigenvalue weighted by Gasteiger charge is 2.33. The Morgan fingerprint density at radius 3 is 2.46 bits per heavy atom. The number of nitrogens with zero attached hydrogens (tertiary/aromatic N) is 1. The minimum atomic E-state index is -0.755. The zero-order chi connectivity index (χ0) is 20.3. The van der Waals surface area contributed by atoms with E-state index in [-0.39, 0.29) is 30.4 Å². The van der Waals surface area contributed by atoms with Crippen LogP contribution in [-0.2, 0) is 15.0 Å². The van der Waals surface area contributed by atoms with Crippen molar-refractivity contribution in [3.63, 3.8) is 0 Å². The van der Waals surface area contributed by atoms with Gasteiger partial charge >= 0.3 is 0 Å². The fraction of sp³-hybridized carbons (Fsp3) is 0.364. The number of likely N-dealkylation sites (N-methyl/N-ethyl adjacent to an activating group) is 1. The molecule has 1 aliphatic rings. The third-order valence-electron chi connectivity index (χ3n) is 4.70. The first-order valence-corrected chi connectivity index (χ1v) is 9.30.